The number of nitrogens with zero attached hydrogens (tertiary/aromatic N) is 1. The maximum Gasteiger partial charge on any atom is 0.337 e. The molecule has 142 valence electrons. The van der Waals surface area contributed by atoms with Crippen molar-refractivity contribution < 1.29 is 24.2 Å². The van der Waals surface area contributed by atoms with E-state index in [9.17, 15) is 19.5 Å². The first kappa shape index (κ1) is 19.8. The molecule has 1 heterocycles. The zero-order chi connectivity index (χ0) is 20.3. The Labute approximate surface area is 170 Å². The molecule has 28 heavy (non-hydrogen) atoms. The molecular formula is C20H15NO5S2. The van der Waals surface area contributed by atoms with Crippen molar-refractivity contribution in [3.8, 4) is 0 Å². The first-order chi connectivity index (χ1) is 13.4. The number of carbonyl (C=O) groups is 3. The summed E-state index contributed by atoms with van der Waals surface area (Å²) in [7, 11) is 1.30. The number of benzene rings is 2. The van der Waals surface area contributed by atoms with Crippen LogP contribution in [0.15, 0.2) is 59.5 Å². The van der Waals surface area contributed by atoms with Crippen LogP contribution in [-0.2, 0) is 14.3 Å². The zero-order valence-corrected chi connectivity index (χ0v) is 16.3. The van der Waals surface area contributed by atoms with E-state index in [2.05, 4.69) is 4.74 Å². The molecule has 6 nitrogen and oxygen atoms in total. The Hall–Kier alpha value is -2.97. The largest absolute Gasteiger partial charge is 0.479 e. The Bertz CT molecular complexity index is 970. The van der Waals surface area contributed by atoms with Gasteiger partial charge in [0.25, 0.3) is 5.91 Å². The van der Waals surface area contributed by atoms with E-state index >= 15 is 0 Å². The second-order valence-corrected chi connectivity index (χ2v) is 7.49. The van der Waals surface area contributed by atoms with Crippen LogP contribution in [0.25, 0.3) is 6.08 Å². The zero-order valence-electron chi connectivity index (χ0n) is 14.7. The lowest BCUT2D eigenvalue weighted by Crippen LogP contribution is -2.37. The number of hydrogen-bond donors (Lipinski definition) is 1. The van der Waals surface area contributed by atoms with Crippen molar-refractivity contribution in [2.45, 2.75) is 6.04 Å². The van der Waals surface area contributed by atoms with Gasteiger partial charge in [0.05, 0.1) is 17.6 Å². The standard InChI is InChI=1S/C20H15NO5S2/c1-26-19(25)14-9-7-12(8-10-14)11-15-17(22)21(20(27)28-15)16(18(23)24)13-5-3-2-4-6-13/h2-11,16H,1H3,(H,23,24)/b15-11-/t16-/m1/s1. The lowest BCUT2D eigenvalue weighted by Gasteiger charge is -2.23. The topological polar surface area (TPSA) is 83.9 Å². The summed E-state index contributed by atoms with van der Waals surface area (Å²) in [5.41, 5.74) is 1.54. The number of thiocarbonyl (C=S) groups is 1. The van der Waals surface area contributed by atoms with Gasteiger partial charge in [0.15, 0.2) is 6.04 Å². The smallest absolute Gasteiger partial charge is 0.337 e. The quantitative estimate of drug-likeness (QED) is 0.456. The van der Waals surface area contributed by atoms with E-state index in [1.54, 1.807) is 60.7 Å². The van der Waals surface area contributed by atoms with Gasteiger partial charge in [-0.2, -0.15) is 0 Å². The molecule has 1 aliphatic rings. The average molecular weight is 413 g/mol. The van der Waals surface area contributed by atoms with E-state index in [0.29, 0.717) is 21.6 Å². The summed E-state index contributed by atoms with van der Waals surface area (Å²) in [4.78, 5) is 37.7. The molecule has 1 N–H and O–H groups in total. The molecule has 0 aromatic heterocycles. The predicted octanol–water partition coefficient (Wildman–Crippen LogP) is 3.50. The molecule has 1 atom stereocenters. The molecule has 0 unspecified atom stereocenters. The number of carboxylic acid groups (broad SMARTS) is 1. The molecular weight excluding hydrogens is 398 g/mol. The molecule has 0 radical (unpaired) electrons. The van der Waals surface area contributed by atoms with Crippen molar-refractivity contribution in [1.29, 1.82) is 0 Å². The molecule has 2 aromatic carbocycles. The highest BCUT2D eigenvalue weighted by Gasteiger charge is 2.41. The van der Waals surface area contributed by atoms with Gasteiger partial charge in [-0.1, -0.05) is 66.4 Å². The fourth-order valence-corrected chi connectivity index (χ4v) is 4.04. The molecule has 8 heteroatoms. The lowest BCUT2D eigenvalue weighted by atomic mass is 10.1. The second kappa shape index (κ2) is 8.37. The maximum atomic E-state index is 12.9. The summed E-state index contributed by atoms with van der Waals surface area (Å²) in [6.45, 7) is 0. The Morgan fingerprint density at radius 3 is 2.36 bits per heavy atom. The summed E-state index contributed by atoms with van der Waals surface area (Å²) >= 11 is 6.33. The van der Waals surface area contributed by atoms with Crippen LogP contribution in [0.4, 0.5) is 0 Å². The number of esters is 1. The molecule has 1 amide bonds. The Morgan fingerprint density at radius 1 is 1.14 bits per heavy atom. The molecule has 0 saturated carbocycles. The number of ether oxygens (including phenoxy) is 1. The minimum atomic E-state index is -1.19. The van der Waals surface area contributed by atoms with E-state index in [4.69, 9.17) is 12.2 Å². The van der Waals surface area contributed by atoms with Gasteiger partial charge in [-0.05, 0) is 29.3 Å². The third-order valence-corrected chi connectivity index (χ3v) is 5.39. The van der Waals surface area contributed by atoms with Crippen molar-refractivity contribution in [2.24, 2.45) is 0 Å². The van der Waals surface area contributed by atoms with Crippen molar-refractivity contribution in [2.75, 3.05) is 7.11 Å². The van der Waals surface area contributed by atoms with Crippen molar-refractivity contribution in [3.05, 3.63) is 76.2 Å². The van der Waals surface area contributed by atoms with Gasteiger partial charge in [-0.15, -0.1) is 0 Å². The fraction of sp³-hybridized carbons (Fsp3) is 0.100. The maximum absolute atomic E-state index is 12.9. The predicted molar refractivity (Wildman–Crippen MR) is 110 cm³/mol. The molecule has 0 spiro atoms. The molecule has 0 bridgehead atoms. The van der Waals surface area contributed by atoms with Crippen LogP contribution in [0.5, 0.6) is 0 Å². The second-order valence-electron chi connectivity index (χ2n) is 5.82. The van der Waals surface area contributed by atoms with E-state index < -0.39 is 23.9 Å². The van der Waals surface area contributed by atoms with Gasteiger partial charge in [0.2, 0.25) is 0 Å². The number of amides is 1. The third-order valence-electron chi connectivity index (χ3n) is 4.06. The van der Waals surface area contributed by atoms with Crippen LogP contribution in [0.2, 0.25) is 0 Å². The molecule has 1 saturated heterocycles. The van der Waals surface area contributed by atoms with Crippen molar-refractivity contribution in [1.82, 2.24) is 4.90 Å². The van der Waals surface area contributed by atoms with Crippen LogP contribution >= 0.6 is 24.0 Å². The van der Waals surface area contributed by atoms with E-state index in [0.717, 1.165) is 16.7 Å². The van der Waals surface area contributed by atoms with Gasteiger partial charge in [-0.25, -0.2) is 9.59 Å². The molecule has 2 aromatic rings. The monoisotopic (exact) mass is 413 g/mol. The number of thioether (sulfide) groups is 1. The van der Waals surface area contributed by atoms with Crippen molar-refractivity contribution in [3.63, 3.8) is 0 Å². The number of carboxylic acids is 1. The summed E-state index contributed by atoms with van der Waals surface area (Å²) in [6.07, 6.45) is 1.62. The number of hydrogen-bond acceptors (Lipinski definition) is 6. The Kier molecular flexibility index (Phi) is 5.91. The fourth-order valence-electron chi connectivity index (χ4n) is 2.72. The first-order valence-electron chi connectivity index (χ1n) is 8.15. The van der Waals surface area contributed by atoms with Gasteiger partial charge in [0.1, 0.15) is 4.32 Å². The van der Waals surface area contributed by atoms with Gasteiger partial charge < -0.3 is 9.84 Å². The van der Waals surface area contributed by atoms with Gasteiger partial charge >= 0.3 is 11.9 Å². The third kappa shape index (κ3) is 3.97. The van der Waals surface area contributed by atoms with E-state index in [1.165, 1.54) is 7.11 Å². The number of carbonyl (C=O) groups excluding carboxylic acids is 2. The van der Waals surface area contributed by atoms with Crippen LogP contribution in [0.1, 0.15) is 27.5 Å². The Balaban J connectivity index is 1.89. The number of aliphatic carboxylic acids is 1. The summed E-state index contributed by atoms with van der Waals surface area (Å²) in [6, 6.07) is 13.8. The molecule has 1 aliphatic heterocycles. The lowest BCUT2D eigenvalue weighted by molar-refractivity contribution is -0.145. The van der Waals surface area contributed by atoms with Crippen LogP contribution in [0.3, 0.4) is 0 Å². The molecule has 0 aliphatic carbocycles. The normalized spacial score (nSPS) is 16.3. The minimum absolute atomic E-state index is 0.179. The molecule has 3 rings (SSSR count). The minimum Gasteiger partial charge on any atom is -0.479 e. The van der Waals surface area contributed by atoms with Crippen LogP contribution in [-0.4, -0.2) is 39.3 Å². The molecule has 1 fully saturated rings. The van der Waals surface area contributed by atoms with Crippen LogP contribution in [0, 0.1) is 0 Å². The highest BCUT2D eigenvalue weighted by molar-refractivity contribution is 8.26. The first-order valence-corrected chi connectivity index (χ1v) is 9.38. The van der Waals surface area contributed by atoms with Crippen LogP contribution < -0.4 is 0 Å². The highest BCUT2D eigenvalue weighted by atomic mass is 32.2. The highest BCUT2D eigenvalue weighted by Crippen LogP contribution is 2.38. The van der Waals surface area contributed by atoms with Gasteiger partial charge in [-0.3, -0.25) is 9.69 Å². The summed E-state index contributed by atoms with van der Waals surface area (Å²) in [5.74, 6) is -2.08. The van der Waals surface area contributed by atoms with Gasteiger partial charge in [0, 0.05) is 0 Å². The number of rotatable bonds is 5. The number of methoxy groups -OCH3 is 1. The summed E-state index contributed by atoms with van der Waals surface area (Å²) < 4.78 is 4.83. The average Bonchev–Trinajstić information content (AvgIpc) is 2.96. The van der Waals surface area contributed by atoms with E-state index in [1.807, 2.05) is 0 Å². The van der Waals surface area contributed by atoms with E-state index in [-0.39, 0.29) is 4.32 Å². The summed E-state index contributed by atoms with van der Waals surface area (Å²) in [5, 5.41) is 9.68. The SMILES string of the molecule is COC(=O)c1ccc(/C=C2\SC(=S)N([C@@H](C(=O)O)c3ccccc3)C2=O)cc1. The van der Waals surface area contributed by atoms with Crippen molar-refractivity contribution >= 4 is 52.2 Å². The Morgan fingerprint density at radius 2 is 1.79 bits per heavy atom.